The summed E-state index contributed by atoms with van der Waals surface area (Å²) >= 11 is 0. The minimum atomic E-state index is 0.178. The summed E-state index contributed by atoms with van der Waals surface area (Å²) in [6.45, 7) is 6.75. The van der Waals surface area contributed by atoms with Crippen molar-refractivity contribution in [2.24, 2.45) is 5.92 Å². The normalized spacial score (nSPS) is 14.8. The summed E-state index contributed by atoms with van der Waals surface area (Å²) in [4.78, 5) is 15.8. The van der Waals surface area contributed by atoms with Gasteiger partial charge in [-0.1, -0.05) is 13.8 Å². The number of amides is 1. The van der Waals surface area contributed by atoms with E-state index in [1.165, 1.54) is 0 Å². The third kappa shape index (κ3) is 5.28. The zero-order valence-electron chi connectivity index (χ0n) is 12.4. The molecule has 1 aromatic rings. The molecule has 1 amide bonds. The number of carbonyl (C=O) groups excluding carboxylic acids is 1. The molecule has 112 valence electrons. The van der Waals surface area contributed by atoms with Gasteiger partial charge in [-0.15, -0.1) is 0 Å². The molecule has 1 fully saturated rings. The summed E-state index contributed by atoms with van der Waals surface area (Å²) in [5.74, 6) is 1.69. The molecular weight excluding hydrogens is 254 g/mol. The molecule has 20 heavy (non-hydrogen) atoms. The van der Waals surface area contributed by atoms with Crippen LogP contribution < -0.4 is 10.6 Å². The first-order chi connectivity index (χ1) is 9.65. The average molecular weight is 279 g/mol. The molecule has 0 aromatic carbocycles. The molecule has 1 saturated carbocycles. The van der Waals surface area contributed by atoms with Crippen LogP contribution in [0.5, 0.6) is 0 Å². The Morgan fingerprint density at radius 3 is 3.00 bits per heavy atom. The van der Waals surface area contributed by atoms with Crippen LogP contribution in [0.25, 0.3) is 0 Å². The summed E-state index contributed by atoms with van der Waals surface area (Å²) < 4.78 is 1.94. The largest absolute Gasteiger partial charge is 0.353 e. The smallest absolute Gasteiger partial charge is 0.220 e. The molecular formula is C14H25N5O. The van der Waals surface area contributed by atoms with E-state index in [0.29, 0.717) is 24.9 Å². The van der Waals surface area contributed by atoms with E-state index in [1.807, 2.05) is 4.68 Å². The maximum Gasteiger partial charge on any atom is 0.220 e. The molecule has 1 aliphatic rings. The Labute approximate surface area is 120 Å². The Morgan fingerprint density at radius 2 is 2.30 bits per heavy atom. The number of aromatic nitrogens is 3. The van der Waals surface area contributed by atoms with E-state index in [1.54, 1.807) is 6.33 Å². The summed E-state index contributed by atoms with van der Waals surface area (Å²) in [7, 11) is 0. The van der Waals surface area contributed by atoms with Crippen molar-refractivity contribution in [2.45, 2.75) is 58.7 Å². The van der Waals surface area contributed by atoms with Crippen molar-refractivity contribution >= 4 is 5.91 Å². The van der Waals surface area contributed by atoms with Gasteiger partial charge in [-0.25, -0.2) is 9.67 Å². The van der Waals surface area contributed by atoms with Gasteiger partial charge < -0.3 is 10.6 Å². The molecule has 0 spiro atoms. The molecule has 0 bridgehead atoms. The SMILES string of the molecule is CC(C)Cn1ncnc1CNCCCC(=O)NC1CC1. The first kappa shape index (κ1) is 15.0. The van der Waals surface area contributed by atoms with Gasteiger partial charge in [-0.2, -0.15) is 5.10 Å². The Kier molecular flexibility index (Phi) is 5.52. The standard InChI is InChI=1S/C14H25N5O/c1-11(2)9-19-13(16-10-17-19)8-15-7-3-4-14(20)18-12-5-6-12/h10-12,15H,3-9H2,1-2H3,(H,18,20). The third-order valence-corrected chi connectivity index (χ3v) is 3.22. The minimum Gasteiger partial charge on any atom is -0.353 e. The molecule has 0 unspecified atom stereocenters. The second kappa shape index (κ2) is 7.38. The molecule has 6 heteroatoms. The highest BCUT2D eigenvalue weighted by molar-refractivity contribution is 5.76. The molecule has 0 atom stereocenters. The molecule has 2 N–H and O–H groups in total. The number of hydrogen-bond donors (Lipinski definition) is 2. The van der Waals surface area contributed by atoms with Gasteiger partial charge in [-0.05, 0) is 31.7 Å². The van der Waals surface area contributed by atoms with E-state index in [4.69, 9.17) is 0 Å². The highest BCUT2D eigenvalue weighted by Gasteiger charge is 2.22. The monoisotopic (exact) mass is 279 g/mol. The van der Waals surface area contributed by atoms with Crippen LogP contribution in [0.3, 0.4) is 0 Å². The van der Waals surface area contributed by atoms with Crippen molar-refractivity contribution in [3.05, 3.63) is 12.2 Å². The molecule has 2 rings (SSSR count). The second-order valence-corrected chi connectivity index (χ2v) is 5.87. The molecule has 1 aliphatic carbocycles. The van der Waals surface area contributed by atoms with Gasteiger partial charge in [0.05, 0.1) is 6.54 Å². The zero-order chi connectivity index (χ0) is 14.4. The lowest BCUT2D eigenvalue weighted by atomic mass is 10.2. The van der Waals surface area contributed by atoms with Crippen molar-refractivity contribution in [2.75, 3.05) is 6.54 Å². The first-order valence-corrected chi connectivity index (χ1v) is 7.52. The number of rotatable bonds is 9. The van der Waals surface area contributed by atoms with Crippen LogP contribution in [0.2, 0.25) is 0 Å². The maximum absolute atomic E-state index is 11.5. The topological polar surface area (TPSA) is 71.8 Å². The third-order valence-electron chi connectivity index (χ3n) is 3.22. The van der Waals surface area contributed by atoms with Crippen molar-refractivity contribution < 1.29 is 4.79 Å². The Bertz CT molecular complexity index is 425. The Balaban J connectivity index is 1.58. The van der Waals surface area contributed by atoms with Gasteiger partial charge in [0.2, 0.25) is 5.91 Å². The van der Waals surface area contributed by atoms with Crippen LogP contribution in [-0.2, 0) is 17.9 Å². The van der Waals surface area contributed by atoms with E-state index >= 15 is 0 Å². The van der Waals surface area contributed by atoms with Crippen LogP contribution in [0, 0.1) is 5.92 Å². The number of hydrogen-bond acceptors (Lipinski definition) is 4. The van der Waals surface area contributed by atoms with E-state index in [9.17, 15) is 4.79 Å². The van der Waals surface area contributed by atoms with Crippen molar-refractivity contribution in [3.63, 3.8) is 0 Å². The fourth-order valence-electron chi connectivity index (χ4n) is 2.03. The molecule has 6 nitrogen and oxygen atoms in total. The van der Waals surface area contributed by atoms with E-state index < -0.39 is 0 Å². The van der Waals surface area contributed by atoms with Gasteiger partial charge >= 0.3 is 0 Å². The van der Waals surface area contributed by atoms with Crippen LogP contribution in [0.4, 0.5) is 0 Å². The van der Waals surface area contributed by atoms with E-state index in [0.717, 1.165) is 38.2 Å². The minimum absolute atomic E-state index is 0.178. The fraction of sp³-hybridized carbons (Fsp3) is 0.786. The number of carbonyl (C=O) groups is 1. The second-order valence-electron chi connectivity index (χ2n) is 5.87. The lowest BCUT2D eigenvalue weighted by Gasteiger charge is -2.09. The molecule has 1 heterocycles. The van der Waals surface area contributed by atoms with Gasteiger partial charge in [-0.3, -0.25) is 4.79 Å². The van der Waals surface area contributed by atoms with Crippen molar-refractivity contribution in [1.82, 2.24) is 25.4 Å². The van der Waals surface area contributed by atoms with Crippen molar-refractivity contribution in [1.29, 1.82) is 0 Å². The number of nitrogens with one attached hydrogen (secondary N) is 2. The van der Waals surface area contributed by atoms with E-state index in [-0.39, 0.29) is 5.91 Å². The predicted octanol–water partition coefficient (Wildman–Crippen LogP) is 1.08. The quantitative estimate of drug-likeness (QED) is 0.664. The predicted molar refractivity (Wildman–Crippen MR) is 77.0 cm³/mol. The molecule has 0 aliphatic heterocycles. The lowest BCUT2D eigenvalue weighted by Crippen LogP contribution is -2.26. The Morgan fingerprint density at radius 1 is 1.50 bits per heavy atom. The van der Waals surface area contributed by atoms with Gasteiger partial charge in [0.25, 0.3) is 0 Å². The molecule has 1 aromatic heterocycles. The summed E-state index contributed by atoms with van der Waals surface area (Å²) in [6, 6.07) is 0.463. The average Bonchev–Trinajstić information content (AvgIpc) is 3.08. The molecule has 0 saturated heterocycles. The lowest BCUT2D eigenvalue weighted by molar-refractivity contribution is -0.121. The Hall–Kier alpha value is -1.43. The van der Waals surface area contributed by atoms with Crippen LogP contribution in [0.15, 0.2) is 6.33 Å². The number of nitrogens with zero attached hydrogens (tertiary/aromatic N) is 3. The van der Waals surface area contributed by atoms with Crippen molar-refractivity contribution in [3.8, 4) is 0 Å². The van der Waals surface area contributed by atoms with Gasteiger partial charge in [0, 0.05) is 19.0 Å². The first-order valence-electron chi connectivity index (χ1n) is 7.52. The maximum atomic E-state index is 11.5. The van der Waals surface area contributed by atoms with Gasteiger partial charge in [0.15, 0.2) is 0 Å². The van der Waals surface area contributed by atoms with Crippen LogP contribution >= 0.6 is 0 Å². The zero-order valence-corrected chi connectivity index (χ0v) is 12.4. The fourth-order valence-corrected chi connectivity index (χ4v) is 2.03. The summed E-state index contributed by atoms with van der Waals surface area (Å²) in [5.41, 5.74) is 0. The highest BCUT2D eigenvalue weighted by Crippen LogP contribution is 2.18. The summed E-state index contributed by atoms with van der Waals surface area (Å²) in [6.07, 6.45) is 5.35. The van der Waals surface area contributed by atoms with Crippen LogP contribution in [0.1, 0.15) is 45.4 Å². The van der Waals surface area contributed by atoms with E-state index in [2.05, 4.69) is 34.6 Å². The van der Waals surface area contributed by atoms with Crippen LogP contribution in [-0.4, -0.2) is 33.3 Å². The molecule has 0 radical (unpaired) electrons. The summed E-state index contributed by atoms with van der Waals surface area (Å²) in [5, 5.41) is 10.5. The highest BCUT2D eigenvalue weighted by atomic mass is 16.1. The van der Waals surface area contributed by atoms with Gasteiger partial charge in [0.1, 0.15) is 12.2 Å².